The molecule has 0 spiro atoms. The van der Waals surface area contributed by atoms with Crippen LogP contribution in [0, 0.1) is 0 Å². The first-order chi connectivity index (χ1) is 12.2. The minimum Gasteiger partial charge on any atom is -0.494 e. The highest BCUT2D eigenvalue weighted by molar-refractivity contribution is 8.00. The number of carbonyl (C=O) groups is 1. The van der Waals surface area contributed by atoms with Crippen molar-refractivity contribution in [2.45, 2.75) is 24.3 Å². The maximum absolute atomic E-state index is 12.5. The molecule has 0 radical (unpaired) electrons. The number of nitrogens with zero attached hydrogens (tertiary/aromatic N) is 2. The largest absolute Gasteiger partial charge is 0.494 e. The summed E-state index contributed by atoms with van der Waals surface area (Å²) in [6, 6.07) is 16.7. The van der Waals surface area contributed by atoms with E-state index in [4.69, 9.17) is 9.15 Å². The molecule has 0 N–H and O–H groups in total. The molecule has 0 fully saturated rings. The van der Waals surface area contributed by atoms with Gasteiger partial charge >= 0.3 is 0 Å². The van der Waals surface area contributed by atoms with E-state index in [0.29, 0.717) is 23.3 Å². The molecule has 0 aliphatic rings. The van der Waals surface area contributed by atoms with Crippen molar-refractivity contribution in [1.29, 1.82) is 0 Å². The summed E-state index contributed by atoms with van der Waals surface area (Å²) in [5, 5.41) is 8.11. The Balaban J connectivity index is 1.66. The summed E-state index contributed by atoms with van der Waals surface area (Å²) in [6.45, 7) is 4.35. The number of hydrogen-bond donors (Lipinski definition) is 0. The van der Waals surface area contributed by atoms with Gasteiger partial charge in [0.25, 0.3) is 5.22 Å². The number of hydrogen-bond acceptors (Lipinski definition) is 6. The lowest BCUT2D eigenvalue weighted by atomic mass is 10.1. The SMILES string of the molecule is CCOc1ccc(C(=O)[C@@H](C)Sc2nnc(-c3ccccc3)o2)cc1. The second kappa shape index (κ2) is 7.98. The molecule has 25 heavy (non-hydrogen) atoms. The molecule has 2 aromatic carbocycles. The Morgan fingerprint density at radius 2 is 1.84 bits per heavy atom. The molecule has 6 heteroatoms. The Morgan fingerprint density at radius 3 is 2.52 bits per heavy atom. The smallest absolute Gasteiger partial charge is 0.277 e. The Morgan fingerprint density at radius 1 is 1.12 bits per heavy atom. The number of rotatable bonds is 7. The Bertz CT molecular complexity index is 831. The molecule has 1 aromatic heterocycles. The zero-order chi connectivity index (χ0) is 17.6. The Kier molecular flexibility index (Phi) is 5.50. The highest BCUT2D eigenvalue weighted by Gasteiger charge is 2.20. The van der Waals surface area contributed by atoms with Crippen molar-refractivity contribution in [2.24, 2.45) is 0 Å². The minimum atomic E-state index is -0.331. The van der Waals surface area contributed by atoms with E-state index in [2.05, 4.69) is 10.2 Å². The first-order valence-electron chi connectivity index (χ1n) is 8.00. The van der Waals surface area contributed by atoms with Crippen molar-refractivity contribution in [1.82, 2.24) is 10.2 Å². The third kappa shape index (κ3) is 4.28. The third-order valence-corrected chi connectivity index (χ3v) is 4.46. The van der Waals surface area contributed by atoms with E-state index in [1.54, 1.807) is 24.3 Å². The molecule has 0 bridgehead atoms. The van der Waals surface area contributed by atoms with Gasteiger partial charge in [-0.3, -0.25) is 4.79 Å². The van der Waals surface area contributed by atoms with Crippen LogP contribution in [-0.2, 0) is 0 Å². The molecule has 1 atom stereocenters. The van der Waals surface area contributed by atoms with E-state index in [-0.39, 0.29) is 11.0 Å². The second-order valence-electron chi connectivity index (χ2n) is 5.32. The van der Waals surface area contributed by atoms with Crippen LogP contribution in [0.3, 0.4) is 0 Å². The standard InChI is InChI=1S/C19H18N2O3S/c1-3-23-16-11-9-14(10-12-16)17(22)13(2)25-19-21-20-18(24-19)15-7-5-4-6-8-15/h4-13H,3H2,1-2H3/t13-/m1/s1. The van der Waals surface area contributed by atoms with Gasteiger partial charge in [0.2, 0.25) is 5.89 Å². The fraction of sp³-hybridized carbons (Fsp3) is 0.211. The summed E-state index contributed by atoms with van der Waals surface area (Å²) < 4.78 is 11.0. The van der Waals surface area contributed by atoms with Gasteiger partial charge in [-0.1, -0.05) is 30.0 Å². The fourth-order valence-electron chi connectivity index (χ4n) is 2.28. The van der Waals surface area contributed by atoms with E-state index in [1.807, 2.05) is 44.2 Å². The lowest BCUT2D eigenvalue weighted by molar-refractivity contribution is 0.0993. The predicted octanol–water partition coefficient (Wildman–Crippen LogP) is 4.50. The zero-order valence-electron chi connectivity index (χ0n) is 14.0. The van der Waals surface area contributed by atoms with Crippen LogP contribution in [0.1, 0.15) is 24.2 Å². The number of benzene rings is 2. The molecule has 5 nitrogen and oxygen atoms in total. The molecule has 0 amide bonds. The highest BCUT2D eigenvalue weighted by atomic mass is 32.2. The zero-order valence-corrected chi connectivity index (χ0v) is 14.8. The van der Waals surface area contributed by atoms with E-state index in [1.165, 1.54) is 11.8 Å². The number of ether oxygens (including phenoxy) is 1. The molecule has 0 unspecified atom stereocenters. The van der Waals surface area contributed by atoms with Crippen LogP contribution in [0.4, 0.5) is 0 Å². The summed E-state index contributed by atoms with van der Waals surface area (Å²) in [6.07, 6.45) is 0. The topological polar surface area (TPSA) is 65.2 Å². The van der Waals surface area contributed by atoms with Crippen molar-refractivity contribution < 1.29 is 13.9 Å². The van der Waals surface area contributed by atoms with E-state index in [0.717, 1.165) is 11.3 Å². The molecular formula is C19H18N2O3S. The molecule has 0 saturated carbocycles. The maximum Gasteiger partial charge on any atom is 0.277 e. The van der Waals surface area contributed by atoms with Gasteiger partial charge in [0, 0.05) is 11.1 Å². The molecule has 1 heterocycles. The van der Waals surface area contributed by atoms with E-state index >= 15 is 0 Å². The van der Waals surface area contributed by atoms with Crippen molar-refractivity contribution in [3.8, 4) is 17.2 Å². The summed E-state index contributed by atoms with van der Waals surface area (Å²) in [5.41, 5.74) is 1.48. The lowest BCUT2D eigenvalue weighted by Gasteiger charge is -2.08. The van der Waals surface area contributed by atoms with Crippen LogP contribution in [0.15, 0.2) is 64.2 Å². The van der Waals surface area contributed by atoms with Gasteiger partial charge in [0.1, 0.15) is 5.75 Å². The average molecular weight is 354 g/mol. The number of Topliss-reactive ketones (excluding diaryl/α,β-unsaturated/α-hetero) is 1. The highest BCUT2D eigenvalue weighted by Crippen LogP contribution is 2.28. The molecule has 128 valence electrons. The van der Waals surface area contributed by atoms with Gasteiger partial charge in [0.15, 0.2) is 5.78 Å². The van der Waals surface area contributed by atoms with Crippen molar-refractivity contribution >= 4 is 17.5 Å². The summed E-state index contributed by atoms with van der Waals surface area (Å²) in [7, 11) is 0. The average Bonchev–Trinajstić information content (AvgIpc) is 3.11. The fourth-order valence-corrected chi connectivity index (χ4v) is 3.04. The number of ketones is 1. The number of carbonyl (C=O) groups excluding carboxylic acids is 1. The summed E-state index contributed by atoms with van der Waals surface area (Å²) >= 11 is 1.26. The van der Waals surface area contributed by atoms with E-state index in [9.17, 15) is 4.79 Å². The van der Waals surface area contributed by atoms with Gasteiger partial charge in [-0.25, -0.2) is 0 Å². The minimum absolute atomic E-state index is 0.00695. The first-order valence-corrected chi connectivity index (χ1v) is 8.88. The molecule has 0 saturated heterocycles. The quantitative estimate of drug-likeness (QED) is 0.460. The van der Waals surface area contributed by atoms with Gasteiger partial charge in [-0.15, -0.1) is 10.2 Å². The Hall–Kier alpha value is -2.60. The van der Waals surface area contributed by atoms with Crippen molar-refractivity contribution in [2.75, 3.05) is 6.61 Å². The van der Waals surface area contributed by atoms with Crippen LogP contribution in [0.25, 0.3) is 11.5 Å². The van der Waals surface area contributed by atoms with Gasteiger partial charge in [-0.05, 0) is 50.2 Å². The number of aromatic nitrogens is 2. The predicted molar refractivity (Wildman–Crippen MR) is 97.0 cm³/mol. The van der Waals surface area contributed by atoms with Crippen LogP contribution >= 0.6 is 11.8 Å². The van der Waals surface area contributed by atoms with Crippen molar-refractivity contribution in [3.05, 3.63) is 60.2 Å². The van der Waals surface area contributed by atoms with Gasteiger partial charge in [0.05, 0.1) is 11.9 Å². The second-order valence-corrected chi connectivity index (χ2v) is 6.61. The van der Waals surface area contributed by atoms with Crippen LogP contribution < -0.4 is 4.74 Å². The summed E-state index contributed by atoms with van der Waals surface area (Å²) in [5.74, 6) is 1.21. The van der Waals surface area contributed by atoms with Gasteiger partial charge in [-0.2, -0.15) is 0 Å². The van der Waals surface area contributed by atoms with Crippen LogP contribution in [0.5, 0.6) is 5.75 Å². The van der Waals surface area contributed by atoms with Crippen molar-refractivity contribution in [3.63, 3.8) is 0 Å². The molecule has 0 aliphatic carbocycles. The van der Waals surface area contributed by atoms with Crippen LogP contribution in [0.2, 0.25) is 0 Å². The summed E-state index contributed by atoms with van der Waals surface area (Å²) in [4.78, 5) is 12.5. The molecule has 3 rings (SSSR count). The van der Waals surface area contributed by atoms with Gasteiger partial charge < -0.3 is 9.15 Å². The maximum atomic E-state index is 12.5. The van der Waals surface area contributed by atoms with Crippen LogP contribution in [-0.4, -0.2) is 27.8 Å². The normalized spacial score (nSPS) is 11.9. The molecule has 0 aliphatic heterocycles. The monoisotopic (exact) mass is 354 g/mol. The number of thioether (sulfide) groups is 1. The molecule has 3 aromatic rings. The van der Waals surface area contributed by atoms with E-state index < -0.39 is 0 Å². The lowest BCUT2D eigenvalue weighted by Crippen LogP contribution is -2.13. The molecular weight excluding hydrogens is 336 g/mol. The Labute approximate surface area is 150 Å². The third-order valence-electron chi connectivity index (χ3n) is 3.52. The first kappa shape index (κ1) is 17.2.